The molecule has 1 aliphatic carbocycles. The van der Waals surface area contributed by atoms with Gasteiger partial charge in [-0.05, 0) is 18.9 Å². The molecule has 8 nitrogen and oxygen atoms in total. The summed E-state index contributed by atoms with van der Waals surface area (Å²) in [6.45, 7) is 0.499. The van der Waals surface area contributed by atoms with Gasteiger partial charge >= 0.3 is 0 Å². The van der Waals surface area contributed by atoms with Crippen LogP contribution < -0.4 is 5.32 Å². The minimum Gasteiger partial charge on any atom is -0.350 e. The molecule has 130 valence electrons. The number of nitrogens with one attached hydrogen (secondary N) is 1. The molecule has 1 aliphatic rings. The van der Waals surface area contributed by atoms with Gasteiger partial charge in [-0.3, -0.25) is 9.20 Å². The zero-order valence-corrected chi connectivity index (χ0v) is 14.0. The van der Waals surface area contributed by atoms with Gasteiger partial charge in [0.15, 0.2) is 5.69 Å². The molecule has 1 fully saturated rings. The Morgan fingerprint density at radius 3 is 2.96 bits per heavy atom. The number of carbonyl (C=O) groups excluding carboxylic acids is 1. The Kier molecular flexibility index (Phi) is 4.41. The van der Waals surface area contributed by atoms with E-state index in [4.69, 9.17) is 0 Å². The smallest absolute Gasteiger partial charge is 0.273 e. The molecule has 0 saturated heterocycles. The molecule has 0 unspecified atom stereocenters. The molecule has 0 radical (unpaired) electrons. The quantitative estimate of drug-likeness (QED) is 0.765. The standard InChI is InChI=1S/C17H21N7O/c25-16(15-12-24(22-21-15)14-5-2-1-3-6-14)18-9-7-13-11-23-10-4-8-19-17(23)20-13/h4,8,10-12,14H,1-3,5-7,9H2,(H,18,25). The summed E-state index contributed by atoms with van der Waals surface area (Å²) in [5.74, 6) is 0.475. The lowest BCUT2D eigenvalue weighted by molar-refractivity contribution is 0.0949. The van der Waals surface area contributed by atoms with Crippen molar-refractivity contribution in [2.24, 2.45) is 0 Å². The summed E-state index contributed by atoms with van der Waals surface area (Å²) < 4.78 is 3.72. The van der Waals surface area contributed by atoms with E-state index in [9.17, 15) is 4.79 Å². The van der Waals surface area contributed by atoms with Crippen molar-refractivity contribution in [3.63, 3.8) is 0 Å². The van der Waals surface area contributed by atoms with E-state index in [1.807, 2.05) is 27.5 Å². The molecule has 0 aliphatic heterocycles. The van der Waals surface area contributed by atoms with Crippen LogP contribution in [0.1, 0.15) is 54.3 Å². The fraction of sp³-hybridized carbons (Fsp3) is 0.471. The highest BCUT2D eigenvalue weighted by atomic mass is 16.2. The van der Waals surface area contributed by atoms with Crippen LogP contribution in [0.2, 0.25) is 0 Å². The fourth-order valence-electron chi connectivity index (χ4n) is 3.30. The topological polar surface area (TPSA) is 90.0 Å². The van der Waals surface area contributed by atoms with Crippen LogP contribution in [-0.2, 0) is 6.42 Å². The van der Waals surface area contributed by atoms with Gasteiger partial charge in [-0.15, -0.1) is 5.10 Å². The van der Waals surface area contributed by atoms with Crippen LogP contribution >= 0.6 is 0 Å². The third kappa shape index (κ3) is 3.52. The molecule has 3 aromatic heterocycles. The molecule has 8 heteroatoms. The lowest BCUT2D eigenvalue weighted by atomic mass is 9.96. The maximum atomic E-state index is 12.2. The van der Waals surface area contributed by atoms with Gasteiger partial charge < -0.3 is 5.32 Å². The molecule has 1 N–H and O–H groups in total. The first kappa shape index (κ1) is 15.7. The van der Waals surface area contributed by atoms with E-state index in [-0.39, 0.29) is 5.91 Å². The summed E-state index contributed by atoms with van der Waals surface area (Å²) in [5, 5.41) is 11.0. The summed E-state index contributed by atoms with van der Waals surface area (Å²) in [7, 11) is 0. The van der Waals surface area contributed by atoms with Crippen LogP contribution in [0.25, 0.3) is 5.78 Å². The molecule has 3 heterocycles. The van der Waals surface area contributed by atoms with E-state index in [0.717, 1.165) is 18.5 Å². The Balaban J connectivity index is 1.32. The summed E-state index contributed by atoms with van der Waals surface area (Å²) in [6, 6.07) is 2.24. The Bertz CT molecular complexity index is 830. The van der Waals surface area contributed by atoms with Crippen molar-refractivity contribution in [2.75, 3.05) is 6.54 Å². The van der Waals surface area contributed by atoms with E-state index in [1.54, 1.807) is 12.4 Å². The van der Waals surface area contributed by atoms with Crippen LogP contribution in [0.4, 0.5) is 0 Å². The molecule has 3 aromatic rings. The van der Waals surface area contributed by atoms with Gasteiger partial charge in [0.1, 0.15) is 0 Å². The average molecular weight is 339 g/mol. The predicted molar refractivity (Wildman–Crippen MR) is 91.2 cm³/mol. The highest BCUT2D eigenvalue weighted by Crippen LogP contribution is 2.27. The SMILES string of the molecule is O=C(NCCc1cn2cccnc2n1)c1cn(C2CCCCC2)nn1. The number of fused-ring (bicyclic) bond motifs is 1. The van der Waals surface area contributed by atoms with Gasteiger partial charge in [0, 0.05) is 31.6 Å². The monoisotopic (exact) mass is 339 g/mol. The second-order valence-corrected chi connectivity index (χ2v) is 6.44. The van der Waals surface area contributed by atoms with Gasteiger partial charge in [0.05, 0.1) is 17.9 Å². The third-order valence-corrected chi connectivity index (χ3v) is 4.64. The first-order valence-corrected chi connectivity index (χ1v) is 8.78. The number of rotatable bonds is 5. The second kappa shape index (κ2) is 7.00. The fourth-order valence-corrected chi connectivity index (χ4v) is 3.30. The Morgan fingerprint density at radius 1 is 1.24 bits per heavy atom. The number of nitrogens with zero attached hydrogens (tertiary/aromatic N) is 6. The molecular formula is C17H21N7O. The zero-order valence-electron chi connectivity index (χ0n) is 14.0. The maximum absolute atomic E-state index is 12.2. The second-order valence-electron chi connectivity index (χ2n) is 6.44. The number of hydrogen-bond donors (Lipinski definition) is 1. The van der Waals surface area contributed by atoms with Gasteiger partial charge in [0.2, 0.25) is 5.78 Å². The Hall–Kier alpha value is -2.77. The van der Waals surface area contributed by atoms with E-state index < -0.39 is 0 Å². The number of imidazole rings is 1. The lowest BCUT2D eigenvalue weighted by Crippen LogP contribution is -2.26. The molecule has 25 heavy (non-hydrogen) atoms. The molecule has 1 saturated carbocycles. The first-order valence-electron chi connectivity index (χ1n) is 8.78. The Labute approximate surface area is 145 Å². The van der Waals surface area contributed by atoms with Gasteiger partial charge in [0.25, 0.3) is 5.91 Å². The van der Waals surface area contributed by atoms with Crippen LogP contribution in [0.3, 0.4) is 0 Å². The van der Waals surface area contributed by atoms with Crippen molar-refractivity contribution in [1.82, 2.24) is 34.7 Å². The maximum Gasteiger partial charge on any atom is 0.273 e. The summed E-state index contributed by atoms with van der Waals surface area (Å²) in [6.07, 6.45) is 13.9. The number of hydrogen-bond acceptors (Lipinski definition) is 5. The normalized spacial score (nSPS) is 15.5. The van der Waals surface area contributed by atoms with Crippen molar-refractivity contribution in [3.8, 4) is 0 Å². The lowest BCUT2D eigenvalue weighted by Gasteiger charge is -2.20. The third-order valence-electron chi connectivity index (χ3n) is 4.64. The number of aromatic nitrogens is 6. The molecule has 0 bridgehead atoms. The summed E-state index contributed by atoms with van der Waals surface area (Å²) in [5.41, 5.74) is 1.27. The minimum absolute atomic E-state index is 0.191. The highest BCUT2D eigenvalue weighted by Gasteiger charge is 2.18. The van der Waals surface area contributed by atoms with Crippen molar-refractivity contribution < 1.29 is 4.79 Å². The molecule has 0 aromatic carbocycles. The zero-order chi connectivity index (χ0) is 17.1. The minimum atomic E-state index is -0.191. The van der Waals surface area contributed by atoms with Crippen molar-refractivity contribution >= 4 is 11.7 Å². The average Bonchev–Trinajstić information content (AvgIpc) is 3.29. The molecule has 4 rings (SSSR count). The van der Waals surface area contributed by atoms with Gasteiger partial charge in [-0.25, -0.2) is 14.6 Å². The molecule has 1 amide bonds. The molecular weight excluding hydrogens is 318 g/mol. The van der Waals surface area contributed by atoms with Crippen LogP contribution in [0.15, 0.2) is 30.9 Å². The van der Waals surface area contributed by atoms with E-state index in [1.165, 1.54) is 19.3 Å². The van der Waals surface area contributed by atoms with Crippen LogP contribution in [0.5, 0.6) is 0 Å². The van der Waals surface area contributed by atoms with E-state index in [0.29, 0.717) is 30.5 Å². The molecule has 0 atom stereocenters. The highest BCUT2D eigenvalue weighted by molar-refractivity contribution is 5.91. The van der Waals surface area contributed by atoms with Gasteiger partial charge in [-0.1, -0.05) is 24.5 Å². The van der Waals surface area contributed by atoms with Gasteiger partial charge in [-0.2, -0.15) is 0 Å². The largest absolute Gasteiger partial charge is 0.350 e. The summed E-state index contributed by atoms with van der Waals surface area (Å²) >= 11 is 0. The van der Waals surface area contributed by atoms with Crippen LogP contribution in [-0.4, -0.2) is 41.8 Å². The predicted octanol–water partition coefficient (Wildman–Crippen LogP) is 1.80. The first-order chi connectivity index (χ1) is 12.3. The van der Waals surface area contributed by atoms with E-state index in [2.05, 4.69) is 25.6 Å². The van der Waals surface area contributed by atoms with Crippen molar-refractivity contribution in [1.29, 1.82) is 0 Å². The van der Waals surface area contributed by atoms with Crippen LogP contribution in [0, 0.1) is 0 Å². The molecule has 0 spiro atoms. The number of carbonyl (C=O) groups is 1. The summed E-state index contributed by atoms with van der Waals surface area (Å²) in [4.78, 5) is 20.8. The van der Waals surface area contributed by atoms with Crippen molar-refractivity contribution in [3.05, 3.63) is 42.2 Å². The number of amides is 1. The Morgan fingerprint density at radius 2 is 2.12 bits per heavy atom. The van der Waals surface area contributed by atoms with Crippen molar-refractivity contribution in [2.45, 2.75) is 44.6 Å². The van der Waals surface area contributed by atoms with E-state index >= 15 is 0 Å².